The summed E-state index contributed by atoms with van der Waals surface area (Å²) in [5.41, 5.74) is 1.05. The van der Waals surface area contributed by atoms with Gasteiger partial charge in [-0.2, -0.15) is 5.26 Å². The summed E-state index contributed by atoms with van der Waals surface area (Å²) in [4.78, 5) is 14.6. The van der Waals surface area contributed by atoms with Crippen LogP contribution in [0.25, 0.3) is 0 Å². The molecule has 2 aromatic carbocycles. The largest absolute Gasteiger partial charge is 0.497 e. The van der Waals surface area contributed by atoms with Crippen LogP contribution in [0, 0.1) is 11.3 Å². The molecule has 1 aliphatic rings. The van der Waals surface area contributed by atoms with Crippen LogP contribution in [0.5, 0.6) is 5.75 Å². The highest BCUT2D eigenvalue weighted by Crippen LogP contribution is 2.31. The Labute approximate surface area is 177 Å². The summed E-state index contributed by atoms with van der Waals surface area (Å²) < 4.78 is 32.9. The number of nitriles is 1. The highest BCUT2D eigenvalue weighted by Gasteiger charge is 2.28. The van der Waals surface area contributed by atoms with E-state index >= 15 is 0 Å². The molecule has 8 heteroatoms. The zero-order valence-corrected chi connectivity index (χ0v) is 17.7. The minimum absolute atomic E-state index is 0.0448. The predicted octanol–water partition coefficient (Wildman–Crippen LogP) is 2.99. The highest BCUT2D eigenvalue weighted by molar-refractivity contribution is 7.89. The zero-order valence-electron chi connectivity index (χ0n) is 16.9. The molecule has 0 radical (unpaired) electrons. The Kier molecular flexibility index (Phi) is 7.08. The van der Waals surface area contributed by atoms with Gasteiger partial charge in [0.2, 0.25) is 15.9 Å². The van der Waals surface area contributed by atoms with Crippen LogP contribution in [0.2, 0.25) is 0 Å². The maximum absolute atomic E-state index is 13.0. The fourth-order valence-corrected chi connectivity index (χ4v) is 4.84. The Morgan fingerprint density at radius 3 is 2.60 bits per heavy atom. The Morgan fingerprint density at radius 2 is 1.90 bits per heavy atom. The highest BCUT2D eigenvalue weighted by atomic mass is 32.2. The van der Waals surface area contributed by atoms with Gasteiger partial charge in [-0.05, 0) is 42.7 Å². The summed E-state index contributed by atoms with van der Waals surface area (Å²) in [6.07, 6.45) is 3.73. The van der Waals surface area contributed by atoms with Crippen molar-refractivity contribution in [2.45, 2.75) is 36.6 Å². The first-order chi connectivity index (χ1) is 14.5. The molecule has 1 atom stereocenters. The molecule has 0 aromatic heterocycles. The number of rotatable bonds is 6. The van der Waals surface area contributed by atoms with Crippen LogP contribution in [-0.4, -0.2) is 39.4 Å². The molecule has 1 N–H and O–H groups in total. The van der Waals surface area contributed by atoms with E-state index in [-0.39, 0.29) is 29.0 Å². The van der Waals surface area contributed by atoms with Crippen molar-refractivity contribution in [2.75, 3.05) is 20.2 Å². The van der Waals surface area contributed by atoms with Crippen LogP contribution >= 0.6 is 0 Å². The minimum atomic E-state index is -3.97. The Balaban J connectivity index is 1.76. The number of likely N-dealkylation sites (tertiary alicyclic amines) is 1. The summed E-state index contributed by atoms with van der Waals surface area (Å²) in [5, 5.41) is 9.17. The van der Waals surface area contributed by atoms with Gasteiger partial charge in [0.1, 0.15) is 11.8 Å². The third-order valence-electron chi connectivity index (χ3n) is 5.28. The standard InChI is InChI=1S/C22H25N3O4S/c1-29-19-12-10-17(11-13-19)20-8-3-2-6-14-25(20)22(26)16-24-30(27,28)21-9-5-4-7-18(21)15-23/h4-5,7,9-13,20,24H,2-3,6,8,14,16H2,1H3/t20-/m0/s1. The van der Waals surface area contributed by atoms with E-state index in [0.29, 0.717) is 6.54 Å². The molecule has 0 aliphatic carbocycles. The lowest BCUT2D eigenvalue weighted by Gasteiger charge is -2.30. The van der Waals surface area contributed by atoms with Crippen molar-refractivity contribution in [3.63, 3.8) is 0 Å². The van der Waals surface area contributed by atoms with Gasteiger partial charge in [0, 0.05) is 6.54 Å². The smallest absolute Gasteiger partial charge is 0.242 e. The third-order valence-corrected chi connectivity index (χ3v) is 6.74. The minimum Gasteiger partial charge on any atom is -0.497 e. The number of nitrogens with zero attached hydrogens (tertiary/aromatic N) is 2. The molecule has 1 fully saturated rings. The lowest BCUT2D eigenvalue weighted by Crippen LogP contribution is -2.42. The fraction of sp³-hybridized carbons (Fsp3) is 0.364. The molecule has 2 aromatic rings. The van der Waals surface area contributed by atoms with Crippen molar-refractivity contribution in [1.29, 1.82) is 5.26 Å². The Morgan fingerprint density at radius 1 is 1.17 bits per heavy atom. The molecule has 1 saturated heterocycles. The molecular formula is C22H25N3O4S. The second-order valence-corrected chi connectivity index (χ2v) is 8.89. The SMILES string of the molecule is COc1ccc([C@@H]2CCCCCN2C(=O)CNS(=O)(=O)c2ccccc2C#N)cc1. The van der Waals surface area contributed by atoms with E-state index in [4.69, 9.17) is 10.00 Å². The molecule has 1 amide bonds. The zero-order chi connectivity index (χ0) is 21.6. The van der Waals surface area contributed by atoms with Crippen LogP contribution in [-0.2, 0) is 14.8 Å². The van der Waals surface area contributed by atoms with E-state index in [9.17, 15) is 13.2 Å². The molecular weight excluding hydrogens is 402 g/mol. The van der Waals surface area contributed by atoms with E-state index in [1.807, 2.05) is 30.3 Å². The normalized spacial score (nSPS) is 17.1. The van der Waals surface area contributed by atoms with Gasteiger partial charge in [-0.25, -0.2) is 13.1 Å². The van der Waals surface area contributed by atoms with Crippen molar-refractivity contribution in [2.24, 2.45) is 0 Å². The molecule has 0 saturated carbocycles. The van der Waals surface area contributed by atoms with Gasteiger partial charge < -0.3 is 9.64 Å². The number of sulfonamides is 1. The molecule has 1 heterocycles. The van der Waals surface area contributed by atoms with Crippen molar-refractivity contribution < 1.29 is 17.9 Å². The summed E-state index contributed by atoms with van der Waals surface area (Å²) in [7, 11) is -2.37. The van der Waals surface area contributed by atoms with Crippen LogP contribution in [0.4, 0.5) is 0 Å². The van der Waals surface area contributed by atoms with E-state index in [1.165, 1.54) is 12.1 Å². The third kappa shape index (κ3) is 4.99. The monoisotopic (exact) mass is 427 g/mol. The number of benzene rings is 2. The first-order valence-corrected chi connectivity index (χ1v) is 11.4. The average Bonchev–Trinajstić information content (AvgIpc) is 3.04. The van der Waals surface area contributed by atoms with Gasteiger partial charge in [0.05, 0.1) is 30.2 Å². The Hall–Kier alpha value is -2.89. The molecule has 0 unspecified atom stereocenters. The van der Waals surface area contributed by atoms with Crippen LogP contribution in [0.15, 0.2) is 53.4 Å². The van der Waals surface area contributed by atoms with Gasteiger partial charge in [0.25, 0.3) is 0 Å². The van der Waals surface area contributed by atoms with Gasteiger partial charge in [0.15, 0.2) is 0 Å². The fourth-order valence-electron chi connectivity index (χ4n) is 3.71. The number of nitrogens with one attached hydrogen (secondary N) is 1. The molecule has 0 bridgehead atoms. The predicted molar refractivity (Wildman–Crippen MR) is 112 cm³/mol. The first kappa shape index (κ1) is 21.8. The number of amides is 1. The summed E-state index contributed by atoms with van der Waals surface area (Å²) in [6.45, 7) is 0.223. The molecule has 0 spiro atoms. The second kappa shape index (κ2) is 9.74. The average molecular weight is 428 g/mol. The number of hydrogen-bond donors (Lipinski definition) is 1. The maximum atomic E-state index is 13.0. The quantitative estimate of drug-likeness (QED) is 0.764. The van der Waals surface area contributed by atoms with Crippen molar-refractivity contribution >= 4 is 15.9 Å². The number of carbonyl (C=O) groups is 1. The molecule has 3 rings (SSSR count). The number of ether oxygens (including phenoxy) is 1. The summed E-state index contributed by atoms with van der Waals surface area (Å²) >= 11 is 0. The van der Waals surface area contributed by atoms with Gasteiger partial charge >= 0.3 is 0 Å². The lowest BCUT2D eigenvalue weighted by atomic mass is 10.0. The molecule has 30 heavy (non-hydrogen) atoms. The molecule has 1 aliphatic heterocycles. The molecule has 158 valence electrons. The maximum Gasteiger partial charge on any atom is 0.242 e. The van der Waals surface area contributed by atoms with E-state index in [2.05, 4.69) is 4.72 Å². The first-order valence-electron chi connectivity index (χ1n) is 9.88. The lowest BCUT2D eigenvalue weighted by molar-refractivity contribution is -0.132. The van der Waals surface area contributed by atoms with Gasteiger partial charge in [-0.1, -0.05) is 37.1 Å². The van der Waals surface area contributed by atoms with Crippen molar-refractivity contribution in [3.8, 4) is 11.8 Å². The second-order valence-electron chi connectivity index (χ2n) is 7.16. The summed E-state index contributed by atoms with van der Waals surface area (Å²) in [5.74, 6) is 0.463. The van der Waals surface area contributed by atoms with Gasteiger partial charge in [-0.3, -0.25) is 4.79 Å². The van der Waals surface area contributed by atoms with E-state index in [0.717, 1.165) is 37.0 Å². The van der Waals surface area contributed by atoms with Crippen molar-refractivity contribution in [1.82, 2.24) is 9.62 Å². The van der Waals surface area contributed by atoms with Crippen LogP contribution in [0.3, 0.4) is 0 Å². The topological polar surface area (TPSA) is 99.5 Å². The number of carbonyl (C=O) groups excluding carboxylic acids is 1. The van der Waals surface area contributed by atoms with Gasteiger partial charge in [-0.15, -0.1) is 0 Å². The van der Waals surface area contributed by atoms with E-state index < -0.39 is 10.0 Å². The Bertz CT molecular complexity index is 1030. The van der Waals surface area contributed by atoms with Crippen LogP contribution < -0.4 is 9.46 Å². The van der Waals surface area contributed by atoms with Crippen LogP contribution in [0.1, 0.15) is 42.9 Å². The van der Waals surface area contributed by atoms with E-state index in [1.54, 1.807) is 24.1 Å². The van der Waals surface area contributed by atoms with Crippen molar-refractivity contribution in [3.05, 3.63) is 59.7 Å². The number of hydrogen-bond acceptors (Lipinski definition) is 5. The number of methoxy groups -OCH3 is 1. The molecule has 7 nitrogen and oxygen atoms in total. The summed E-state index contributed by atoms with van der Waals surface area (Å²) in [6, 6.07) is 15.3.